The maximum Gasteiger partial charge on any atom is 0.104 e. The fraction of sp³-hybridized carbons (Fsp3) is 0.250. The van der Waals surface area contributed by atoms with Crippen LogP contribution >= 0.6 is 11.3 Å². The molecule has 0 saturated heterocycles. The number of aromatic nitrogens is 2. The van der Waals surface area contributed by atoms with Gasteiger partial charge in [-0.25, -0.2) is 4.98 Å². The van der Waals surface area contributed by atoms with E-state index in [0.29, 0.717) is 6.54 Å². The van der Waals surface area contributed by atoms with Crippen LogP contribution in [-0.2, 0) is 6.54 Å². The molecule has 0 bridgehead atoms. The number of nitrogens with two attached hydrogens (primary N) is 1. The summed E-state index contributed by atoms with van der Waals surface area (Å²) in [6.07, 6.45) is 1.78. The Kier molecular flexibility index (Phi) is 1.78. The van der Waals surface area contributed by atoms with Gasteiger partial charge in [-0.15, -0.1) is 11.3 Å². The van der Waals surface area contributed by atoms with E-state index in [1.807, 2.05) is 13.0 Å². The fourth-order valence-electron chi connectivity index (χ4n) is 1.17. The summed E-state index contributed by atoms with van der Waals surface area (Å²) >= 11 is 1.67. The van der Waals surface area contributed by atoms with E-state index in [-0.39, 0.29) is 0 Å². The van der Waals surface area contributed by atoms with Crippen molar-refractivity contribution in [3.8, 4) is 0 Å². The average molecular weight is 179 g/mol. The zero-order chi connectivity index (χ0) is 8.55. The van der Waals surface area contributed by atoms with Gasteiger partial charge in [0.15, 0.2) is 0 Å². The van der Waals surface area contributed by atoms with Gasteiger partial charge in [-0.2, -0.15) is 0 Å². The molecule has 0 unspecified atom stereocenters. The van der Waals surface area contributed by atoms with Crippen molar-refractivity contribution in [2.75, 3.05) is 0 Å². The summed E-state index contributed by atoms with van der Waals surface area (Å²) in [7, 11) is 0. The predicted octanol–water partition coefficient (Wildman–Crippen LogP) is 1.46. The average Bonchev–Trinajstić information content (AvgIpc) is 2.44. The molecule has 4 heteroatoms. The van der Waals surface area contributed by atoms with Crippen LogP contribution in [0, 0.1) is 6.92 Å². The number of rotatable bonds is 1. The Balaban J connectivity index is 2.78. The van der Waals surface area contributed by atoms with Crippen LogP contribution in [0.1, 0.15) is 10.7 Å². The van der Waals surface area contributed by atoms with E-state index < -0.39 is 0 Å². The molecule has 2 aromatic rings. The number of hydrogen-bond acceptors (Lipinski definition) is 4. The lowest BCUT2D eigenvalue weighted by Crippen LogP contribution is -1.99. The molecule has 0 fully saturated rings. The van der Waals surface area contributed by atoms with Crippen LogP contribution in [-0.4, -0.2) is 9.97 Å². The summed E-state index contributed by atoms with van der Waals surface area (Å²) in [5, 5.41) is 1.06. The molecular weight excluding hydrogens is 170 g/mol. The number of hydrogen-bond donors (Lipinski definition) is 1. The second-order valence-electron chi connectivity index (χ2n) is 2.54. The third kappa shape index (κ3) is 1.09. The van der Waals surface area contributed by atoms with Gasteiger partial charge in [-0.1, -0.05) is 0 Å². The molecule has 0 aromatic carbocycles. The molecule has 3 nitrogen and oxygen atoms in total. The van der Waals surface area contributed by atoms with Crippen LogP contribution in [0.15, 0.2) is 12.3 Å². The van der Waals surface area contributed by atoms with Crippen molar-refractivity contribution in [1.82, 2.24) is 9.97 Å². The van der Waals surface area contributed by atoms with E-state index >= 15 is 0 Å². The first-order valence-electron chi connectivity index (χ1n) is 3.72. The van der Waals surface area contributed by atoms with Crippen LogP contribution in [0.5, 0.6) is 0 Å². The van der Waals surface area contributed by atoms with Gasteiger partial charge in [0.2, 0.25) is 0 Å². The summed E-state index contributed by atoms with van der Waals surface area (Å²) in [6.45, 7) is 2.45. The van der Waals surface area contributed by atoms with Crippen molar-refractivity contribution in [2.24, 2.45) is 5.73 Å². The fourth-order valence-corrected chi connectivity index (χ4v) is 2.01. The van der Waals surface area contributed by atoms with E-state index in [1.54, 1.807) is 17.5 Å². The SMILES string of the molecule is Cc1nc2c(CN)nccc2s1. The summed E-state index contributed by atoms with van der Waals surface area (Å²) in [4.78, 5) is 8.52. The standard InChI is InChI=1S/C8H9N3S/c1-5-11-8-6(4-9)10-3-2-7(8)12-5/h2-3H,4,9H2,1H3. The van der Waals surface area contributed by atoms with E-state index in [2.05, 4.69) is 9.97 Å². The van der Waals surface area contributed by atoms with Gasteiger partial charge in [0.25, 0.3) is 0 Å². The molecule has 12 heavy (non-hydrogen) atoms. The molecule has 0 radical (unpaired) electrons. The van der Waals surface area contributed by atoms with Crippen LogP contribution in [0.25, 0.3) is 10.2 Å². The van der Waals surface area contributed by atoms with Gasteiger partial charge in [0.1, 0.15) is 5.52 Å². The largest absolute Gasteiger partial charge is 0.325 e. The number of pyridine rings is 1. The normalized spacial score (nSPS) is 10.8. The molecule has 0 aliphatic carbocycles. The van der Waals surface area contributed by atoms with Crippen molar-refractivity contribution >= 4 is 21.6 Å². The smallest absolute Gasteiger partial charge is 0.104 e. The van der Waals surface area contributed by atoms with Crippen molar-refractivity contribution in [3.63, 3.8) is 0 Å². The number of aryl methyl sites for hydroxylation is 1. The molecule has 2 N–H and O–H groups in total. The van der Waals surface area contributed by atoms with Gasteiger partial charge >= 0.3 is 0 Å². The van der Waals surface area contributed by atoms with Crippen molar-refractivity contribution in [3.05, 3.63) is 23.0 Å². The number of fused-ring (bicyclic) bond motifs is 1. The minimum Gasteiger partial charge on any atom is -0.325 e. The van der Waals surface area contributed by atoms with Crippen molar-refractivity contribution in [1.29, 1.82) is 0 Å². The molecule has 0 amide bonds. The van der Waals surface area contributed by atoms with Crippen LogP contribution < -0.4 is 5.73 Å². The third-order valence-electron chi connectivity index (χ3n) is 1.68. The monoisotopic (exact) mass is 179 g/mol. The quantitative estimate of drug-likeness (QED) is 0.721. The summed E-state index contributed by atoms with van der Waals surface area (Å²) in [6, 6.07) is 1.97. The van der Waals surface area contributed by atoms with E-state index in [0.717, 1.165) is 16.2 Å². The van der Waals surface area contributed by atoms with Crippen LogP contribution in [0.2, 0.25) is 0 Å². The summed E-state index contributed by atoms with van der Waals surface area (Å²) in [5.74, 6) is 0. The highest BCUT2D eigenvalue weighted by Gasteiger charge is 2.04. The molecule has 2 heterocycles. The Morgan fingerprint density at radius 3 is 3.17 bits per heavy atom. The van der Waals surface area contributed by atoms with Gasteiger partial charge in [-0.3, -0.25) is 4.98 Å². The molecule has 0 saturated carbocycles. The minimum atomic E-state index is 0.459. The third-order valence-corrected chi connectivity index (χ3v) is 2.62. The Hall–Kier alpha value is -1.00. The van der Waals surface area contributed by atoms with Crippen LogP contribution in [0.4, 0.5) is 0 Å². The topological polar surface area (TPSA) is 51.8 Å². The molecule has 2 rings (SSSR count). The molecule has 0 atom stereocenters. The van der Waals surface area contributed by atoms with Gasteiger partial charge in [0.05, 0.1) is 15.4 Å². The Labute approximate surface area is 74.3 Å². The second-order valence-corrected chi connectivity index (χ2v) is 3.78. The van der Waals surface area contributed by atoms with Crippen LogP contribution in [0.3, 0.4) is 0 Å². The lowest BCUT2D eigenvalue weighted by Gasteiger charge is -1.94. The van der Waals surface area contributed by atoms with Gasteiger partial charge < -0.3 is 5.73 Å². The maximum atomic E-state index is 5.53. The lowest BCUT2D eigenvalue weighted by molar-refractivity contribution is 1.00. The van der Waals surface area contributed by atoms with E-state index in [4.69, 9.17) is 5.73 Å². The molecule has 62 valence electrons. The molecule has 0 aliphatic rings. The van der Waals surface area contributed by atoms with Gasteiger partial charge in [-0.05, 0) is 13.0 Å². The highest BCUT2D eigenvalue weighted by atomic mass is 32.1. The molecule has 0 aliphatic heterocycles. The first-order chi connectivity index (χ1) is 5.81. The van der Waals surface area contributed by atoms with E-state index in [1.165, 1.54) is 4.70 Å². The summed E-state index contributed by atoms with van der Waals surface area (Å²) in [5.41, 5.74) is 7.37. The molecule has 2 aromatic heterocycles. The highest BCUT2D eigenvalue weighted by Crippen LogP contribution is 2.22. The highest BCUT2D eigenvalue weighted by molar-refractivity contribution is 7.18. The Morgan fingerprint density at radius 2 is 2.42 bits per heavy atom. The first-order valence-corrected chi connectivity index (χ1v) is 4.54. The maximum absolute atomic E-state index is 5.53. The Morgan fingerprint density at radius 1 is 1.58 bits per heavy atom. The minimum absolute atomic E-state index is 0.459. The number of thiazole rings is 1. The second kappa shape index (κ2) is 2.80. The lowest BCUT2D eigenvalue weighted by atomic mass is 10.3. The zero-order valence-electron chi connectivity index (χ0n) is 6.74. The van der Waals surface area contributed by atoms with Crippen molar-refractivity contribution < 1.29 is 0 Å². The predicted molar refractivity (Wildman–Crippen MR) is 50.0 cm³/mol. The van der Waals surface area contributed by atoms with E-state index in [9.17, 15) is 0 Å². The van der Waals surface area contributed by atoms with Crippen molar-refractivity contribution in [2.45, 2.75) is 13.5 Å². The molecular formula is C8H9N3S. The first kappa shape index (κ1) is 7.64. The number of nitrogens with zero attached hydrogens (tertiary/aromatic N) is 2. The zero-order valence-corrected chi connectivity index (χ0v) is 7.56. The van der Waals surface area contributed by atoms with Gasteiger partial charge in [0, 0.05) is 12.7 Å². The Bertz CT molecular complexity index is 408. The summed E-state index contributed by atoms with van der Waals surface area (Å²) < 4.78 is 1.17. The molecule has 0 spiro atoms.